The minimum atomic E-state index is -0.494. The fourth-order valence-corrected chi connectivity index (χ4v) is 3.93. The van der Waals surface area contributed by atoms with Crippen LogP contribution in [-0.2, 0) is 16.0 Å². The number of hydrogen-bond donors (Lipinski definition) is 1. The Morgan fingerprint density at radius 3 is 2.67 bits per heavy atom. The number of methoxy groups -OCH3 is 2. The van der Waals surface area contributed by atoms with E-state index in [0.29, 0.717) is 33.2 Å². The monoisotopic (exact) mass is 426 g/mol. The summed E-state index contributed by atoms with van der Waals surface area (Å²) >= 11 is 1.27. The molecule has 1 amide bonds. The zero-order valence-electron chi connectivity index (χ0n) is 16.9. The molecule has 0 spiro atoms. The summed E-state index contributed by atoms with van der Waals surface area (Å²) in [4.78, 5) is 29.5. The molecule has 30 heavy (non-hydrogen) atoms. The van der Waals surface area contributed by atoms with Crippen LogP contribution in [0.2, 0.25) is 0 Å². The molecule has 8 heteroatoms. The molecule has 0 aliphatic heterocycles. The van der Waals surface area contributed by atoms with Crippen molar-refractivity contribution in [3.05, 3.63) is 59.2 Å². The van der Waals surface area contributed by atoms with Crippen molar-refractivity contribution in [3.63, 3.8) is 0 Å². The lowest BCUT2D eigenvalue weighted by molar-refractivity contribution is -0.115. The van der Waals surface area contributed by atoms with Gasteiger partial charge in [0.05, 0.1) is 27.2 Å². The normalized spacial score (nSPS) is 10.4. The van der Waals surface area contributed by atoms with Gasteiger partial charge < -0.3 is 19.5 Å². The summed E-state index contributed by atoms with van der Waals surface area (Å²) in [5.41, 5.74) is 2.43. The molecule has 1 N–H and O–H groups in total. The minimum Gasteiger partial charge on any atom is -0.497 e. The summed E-state index contributed by atoms with van der Waals surface area (Å²) in [6.45, 7) is 1.97. The van der Waals surface area contributed by atoms with E-state index in [0.717, 1.165) is 5.56 Å². The smallest absolute Gasteiger partial charge is 0.341 e. The number of carbonyl (C=O) groups is 2. The molecule has 0 fully saturated rings. The average molecular weight is 426 g/mol. The molecule has 0 saturated heterocycles. The maximum Gasteiger partial charge on any atom is 0.341 e. The van der Waals surface area contributed by atoms with E-state index in [1.807, 2.05) is 11.4 Å². The third-order valence-corrected chi connectivity index (χ3v) is 5.23. The van der Waals surface area contributed by atoms with Gasteiger partial charge in [-0.3, -0.25) is 9.78 Å². The number of anilines is 1. The van der Waals surface area contributed by atoms with Gasteiger partial charge in [0.25, 0.3) is 0 Å². The lowest BCUT2D eigenvalue weighted by Crippen LogP contribution is -2.17. The van der Waals surface area contributed by atoms with Crippen LogP contribution in [0.25, 0.3) is 11.1 Å². The molecule has 2 heterocycles. The number of amides is 1. The van der Waals surface area contributed by atoms with E-state index in [2.05, 4.69) is 10.3 Å². The molecule has 0 bridgehead atoms. The molecule has 0 aliphatic rings. The van der Waals surface area contributed by atoms with E-state index < -0.39 is 5.97 Å². The zero-order valence-corrected chi connectivity index (χ0v) is 17.7. The molecular weight excluding hydrogens is 404 g/mol. The molecule has 7 nitrogen and oxygen atoms in total. The Balaban J connectivity index is 1.88. The van der Waals surface area contributed by atoms with Gasteiger partial charge in [0, 0.05) is 34.5 Å². The quantitative estimate of drug-likeness (QED) is 0.544. The van der Waals surface area contributed by atoms with Gasteiger partial charge >= 0.3 is 5.97 Å². The third kappa shape index (κ3) is 4.77. The SMILES string of the molecule is CCOC(=O)c1c(-c2cccnc2)csc1NC(=O)Cc1cc(OC)ccc1OC. The fraction of sp³-hybridized carbons (Fsp3) is 0.227. The third-order valence-electron chi connectivity index (χ3n) is 4.33. The highest BCUT2D eigenvalue weighted by molar-refractivity contribution is 7.15. The summed E-state index contributed by atoms with van der Waals surface area (Å²) in [5, 5.41) is 5.08. The van der Waals surface area contributed by atoms with Crippen LogP contribution in [0.4, 0.5) is 5.00 Å². The minimum absolute atomic E-state index is 0.0583. The second-order valence-corrected chi connectivity index (χ2v) is 7.10. The maximum atomic E-state index is 12.8. The van der Waals surface area contributed by atoms with Gasteiger partial charge in [-0.1, -0.05) is 6.07 Å². The number of aromatic nitrogens is 1. The second-order valence-electron chi connectivity index (χ2n) is 6.22. The fourth-order valence-electron chi connectivity index (χ4n) is 2.95. The number of nitrogens with one attached hydrogen (secondary N) is 1. The van der Waals surface area contributed by atoms with Crippen LogP contribution in [0.1, 0.15) is 22.8 Å². The van der Waals surface area contributed by atoms with Crippen molar-refractivity contribution in [2.24, 2.45) is 0 Å². The number of nitrogens with zero attached hydrogens (tertiary/aromatic N) is 1. The molecule has 0 radical (unpaired) electrons. The molecule has 2 aromatic heterocycles. The first-order valence-electron chi connectivity index (χ1n) is 9.27. The van der Waals surface area contributed by atoms with Gasteiger partial charge in [-0.05, 0) is 31.2 Å². The van der Waals surface area contributed by atoms with Gasteiger partial charge in [-0.2, -0.15) is 0 Å². The molecule has 0 unspecified atom stereocenters. The lowest BCUT2D eigenvalue weighted by atomic mass is 10.1. The molecule has 1 aromatic carbocycles. The van der Waals surface area contributed by atoms with Crippen LogP contribution in [0.5, 0.6) is 11.5 Å². The van der Waals surface area contributed by atoms with Gasteiger partial charge in [0.1, 0.15) is 22.1 Å². The summed E-state index contributed by atoms with van der Waals surface area (Å²) < 4.78 is 15.8. The Labute approximate surface area is 178 Å². The van der Waals surface area contributed by atoms with Gasteiger partial charge in [0.2, 0.25) is 5.91 Å². The molecule has 0 aliphatic carbocycles. The molecule has 3 aromatic rings. The Morgan fingerprint density at radius 1 is 1.17 bits per heavy atom. The number of ether oxygens (including phenoxy) is 3. The number of benzene rings is 1. The van der Waals surface area contributed by atoms with Gasteiger partial charge in [-0.15, -0.1) is 11.3 Å². The largest absolute Gasteiger partial charge is 0.497 e. The average Bonchev–Trinajstić information content (AvgIpc) is 3.17. The van der Waals surface area contributed by atoms with E-state index in [9.17, 15) is 9.59 Å². The molecule has 156 valence electrons. The summed E-state index contributed by atoms with van der Waals surface area (Å²) in [5.74, 6) is 0.429. The first-order chi connectivity index (χ1) is 14.6. The number of pyridine rings is 1. The van der Waals surface area contributed by atoms with Crippen LogP contribution < -0.4 is 14.8 Å². The van der Waals surface area contributed by atoms with Crippen molar-refractivity contribution in [3.8, 4) is 22.6 Å². The number of rotatable bonds is 8. The highest BCUT2D eigenvalue weighted by Gasteiger charge is 2.23. The number of thiophene rings is 1. The molecule has 0 saturated carbocycles. The van der Waals surface area contributed by atoms with Crippen molar-refractivity contribution in [2.75, 3.05) is 26.1 Å². The summed E-state index contributed by atoms with van der Waals surface area (Å²) in [7, 11) is 3.10. The van der Waals surface area contributed by atoms with Crippen LogP contribution in [-0.4, -0.2) is 37.7 Å². The maximum absolute atomic E-state index is 12.8. The highest BCUT2D eigenvalue weighted by atomic mass is 32.1. The first-order valence-corrected chi connectivity index (χ1v) is 10.1. The van der Waals surface area contributed by atoms with Gasteiger partial charge in [0.15, 0.2) is 0 Å². The lowest BCUT2D eigenvalue weighted by Gasteiger charge is -2.11. The Hall–Kier alpha value is -3.39. The highest BCUT2D eigenvalue weighted by Crippen LogP contribution is 2.36. The number of esters is 1. The van der Waals surface area contributed by atoms with E-state index in [-0.39, 0.29) is 18.9 Å². The van der Waals surface area contributed by atoms with E-state index in [1.165, 1.54) is 11.3 Å². The standard InChI is InChI=1S/C22H22N2O5S/c1-4-29-22(26)20-17(14-6-5-9-23-12-14)13-30-21(20)24-19(25)11-15-10-16(27-2)7-8-18(15)28-3/h5-10,12-13H,4,11H2,1-3H3,(H,24,25). The van der Waals surface area contributed by atoms with Crippen molar-refractivity contribution >= 4 is 28.2 Å². The van der Waals surface area contributed by atoms with Crippen LogP contribution >= 0.6 is 11.3 Å². The Kier molecular flexibility index (Phi) is 7.03. The van der Waals surface area contributed by atoms with Gasteiger partial charge in [-0.25, -0.2) is 4.79 Å². The van der Waals surface area contributed by atoms with E-state index in [1.54, 1.807) is 57.8 Å². The summed E-state index contributed by atoms with van der Waals surface area (Å²) in [6, 6.07) is 8.90. The van der Waals surface area contributed by atoms with Crippen molar-refractivity contribution in [2.45, 2.75) is 13.3 Å². The topological polar surface area (TPSA) is 86.8 Å². The van der Waals surface area contributed by atoms with Crippen molar-refractivity contribution in [1.82, 2.24) is 4.98 Å². The van der Waals surface area contributed by atoms with Crippen LogP contribution in [0.3, 0.4) is 0 Å². The first kappa shape index (κ1) is 21.3. The zero-order chi connectivity index (χ0) is 21.5. The molecule has 0 atom stereocenters. The van der Waals surface area contributed by atoms with E-state index in [4.69, 9.17) is 14.2 Å². The molecule has 3 rings (SSSR count). The van der Waals surface area contributed by atoms with E-state index >= 15 is 0 Å². The Morgan fingerprint density at radius 2 is 2.00 bits per heavy atom. The number of carbonyl (C=O) groups excluding carboxylic acids is 2. The van der Waals surface area contributed by atoms with Crippen molar-refractivity contribution in [1.29, 1.82) is 0 Å². The predicted octanol–water partition coefficient (Wildman–Crippen LogP) is 4.19. The summed E-state index contributed by atoms with van der Waals surface area (Å²) in [6.07, 6.45) is 3.38. The number of hydrogen-bond acceptors (Lipinski definition) is 7. The van der Waals surface area contributed by atoms with Crippen LogP contribution in [0, 0.1) is 0 Å². The van der Waals surface area contributed by atoms with Crippen LogP contribution in [0.15, 0.2) is 48.1 Å². The predicted molar refractivity (Wildman–Crippen MR) is 115 cm³/mol. The second kappa shape index (κ2) is 9.89. The Bertz CT molecular complexity index is 1030. The van der Waals surface area contributed by atoms with Crippen molar-refractivity contribution < 1.29 is 23.8 Å². The molecular formula is C22H22N2O5S.